The molecule has 0 fully saturated rings. The number of aromatic carboxylic acids is 1. The molecule has 0 radical (unpaired) electrons. The summed E-state index contributed by atoms with van der Waals surface area (Å²) in [5.41, 5.74) is 6.33. The number of benzene rings is 3. The van der Waals surface area contributed by atoms with Gasteiger partial charge in [-0.3, -0.25) is 0 Å². The standard InChI is InChI=1S/C24H21NO3/c1-28-17-9-6-14(7-10-17)23-20-12-15-4-2-3-5-18(15)22(20)19-13-16(24(26)27)8-11-21(19)25-23/h2-11,13,20,22-23,25H,12H2,1H3,(H,26,27)/t20-,22-,23+/m1/s1. The van der Waals surface area contributed by atoms with Crippen molar-refractivity contribution in [3.63, 3.8) is 0 Å². The number of rotatable bonds is 3. The molecule has 0 amide bonds. The maximum absolute atomic E-state index is 11.5. The first-order valence-corrected chi connectivity index (χ1v) is 9.51. The molecule has 4 heteroatoms. The Morgan fingerprint density at radius 3 is 2.57 bits per heavy atom. The molecule has 2 aliphatic rings. The van der Waals surface area contributed by atoms with E-state index in [1.165, 1.54) is 16.7 Å². The quantitative estimate of drug-likeness (QED) is 0.690. The zero-order valence-corrected chi connectivity index (χ0v) is 15.6. The van der Waals surface area contributed by atoms with E-state index in [2.05, 4.69) is 41.7 Å². The van der Waals surface area contributed by atoms with Gasteiger partial charge in [-0.1, -0.05) is 36.4 Å². The Morgan fingerprint density at radius 1 is 1.04 bits per heavy atom. The van der Waals surface area contributed by atoms with Crippen LogP contribution in [0.15, 0.2) is 66.7 Å². The average molecular weight is 371 g/mol. The smallest absolute Gasteiger partial charge is 0.335 e. The largest absolute Gasteiger partial charge is 0.497 e. The second kappa shape index (κ2) is 6.41. The van der Waals surface area contributed by atoms with Crippen LogP contribution < -0.4 is 10.1 Å². The molecule has 28 heavy (non-hydrogen) atoms. The van der Waals surface area contributed by atoms with Gasteiger partial charge in [0.2, 0.25) is 0 Å². The lowest BCUT2D eigenvalue weighted by Crippen LogP contribution is -2.30. The molecule has 1 aliphatic carbocycles. The van der Waals surface area contributed by atoms with Crippen LogP contribution in [0.2, 0.25) is 0 Å². The molecule has 0 saturated heterocycles. The first kappa shape index (κ1) is 16.9. The summed E-state index contributed by atoms with van der Waals surface area (Å²) in [4.78, 5) is 11.5. The summed E-state index contributed by atoms with van der Waals surface area (Å²) >= 11 is 0. The summed E-state index contributed by atoms with van der Waals surface area (Å²) in [5, 5.41) is 13.2. The van der Waals surface area contributed by atoms with Gasteiger partial charge in [0.15, 0.2) is 0 Å². The fourth-order valence-corrected chi connectivity index (χ4v) is 4.84. The molecule has 0 aromatic heterocycles. The van der Waals surface area contributed by atoms with E-state index in [-0.39, 0.29) is 12.0 Å². The Kier molecular flexibility index (Phi) is 3.86. The molecular weight excluding hydrogens is 350 g/mol. The van der Waals surface area contributed by atoms with Crippen LogP contribution in [0.25, 0.3) is 0 Å². The van der Waals surface area contributed by atoms with Crippen molar-refractivity contribution in [1.82, 2.24) is 0 Å². The van der Waals surface area contributed by atoms with Gasteiger partial charge >= 0.3 is 5.97 Å². The van der Waals surface area contributed by atoms with Crippen LogP contribution in [-0.4, -0.2) is 18.2 Å². The Bertz CT molecular complexity index is 1060. The number of hydrogen-bond donors (Lipinski definition) is 2. The number of anilines is 1. The van der Waals surface area contributed by atoms with Gasteiger partial charge in [0.05, 0.1) is 18.7 Å². The molecule has 0 bridgehead atoms. The van der Waals surface area contributed by atoms with Crippen molar-refractivity contribution in [2.45, 2.75) is 18.4 Å². The molecule has 0 spiro atoms. The first-order chi connectivity index (χ1) is 13.7. The van der Waals surface area contributed by atoms with Crippen LogP contribution in [-0.2, 0) is 6.42 Å². The summed E-state index contributed by atoms with van der Waals surface area (Å²) < 4.78 is 5.31. The van der Waals surface area contributed by atoms with Gasteiger partial charge in [-0.15, -0.1) is 0 Å². The van der Waals surface area contributed by atoms with Crippen molar-refractivity contribution in [2.24, 2.45) is 5.92 Å². The predicted molar refractivity (Wildman–Crippen MR) is 108 cm³/mol. The van der Waals surface area contributed by atoms with Gasteiger partial charge in [0, 0.05) is 11.6 Å². The van der Waals surface area contributed by atoms with Crippen LogP contribution in [0, 0.1) is 5.92 Å². The van der Waals surface area contributed by atoms with Gasteiger partial charge in [-0.05, 0) is 64.9 Å². The molecule has 3 atom stereocenters. The second-order valence-corrected chi connectivity index (χ2v) is 7.55. The molecule has 1 heterocycles. The van der Waals surface area contributed by atoms with Crippen molar-refractivity contribution in [3.05, 3.63) is 94.5 Å². The summed E-state index contributed by atoms with van der Waals surface area (Å²) in [6.07, 6.45) is 0.973. The molecule has 2 N–H and O–H groups in total. The van der Waals surface area contributed by atoms with Crippen LogP contribution in [0.4, 0.5) is 5.69 Å². The van der Waals surface area contributed by atoms with Crippen molar-refractivity contribution in [1.29, 1.82) is 0 Å². The van der Waals surface area contributed by atoms with Crippen molar-refractivity contribution in [2.75, 3.05) is 12.4 Å². The summed E-state index contributed by atoms with van der Waals surface area (Å²) in [5.74, 6) is 0.487. The molecule has 3 aromatic rings. The van der Waals surface area contributed by atoms with Gasteiger partial charge in [-0.25, -0.2) is 4.79 Å². The van der Waals surface area contributed by atoms with Crippen LogP contribution in [0.5, 0.6) is 5.75 Å². The third-order valence-electron chi connectivity index (χ3n) is 6.12. The van der Waals surface area contributed by atoms with Crippen molar-refractivity contribution in [3.8, 4) is 5.75 Å². The number of ether oxygens (including phenoxy) is 1. The molecule has 0 saturated carbocycles. The number of carboxylic acids is 1. The molecule has 4 nitrogen and oxygen atoms in total. The minimum atomic E-state index is -0.886. The van der Waals surface area contributed by atoms with Crippen molar-refractivity contribution >= 4 is 11.7 Å². The van der Waals surface area contributed by atoms with Gasteiger partial charge < -0.3 is 15.2 Å². The first-order valence-electron chi connectivity index (χ1n) is 9.51. The summed E-state index contributed by atoms with van der Waals surface area (Å²) in [6.45, 7) is 0. The van der Waals surface area contributed by atoms with Crippen LogP contribution >= 0.6 is 0 Å². The van der Waals surface area contributed by atoms with E-state index in [0.29, 0.717) is 11.5 Å². The summed E-state index contributed by atoms with van der Waals surface area (Å²) in [7, 11) is 1.67. The van der Waals surface area contributed by atoms with Gasteiger partial charge in [-0.2, -0.15) is 0 Å². The Hall–Kier alpha value is -3.27. The molecule has 140 valence electrons. The number of fused-ring (bicyclic) bond motifs is 5. The molecule has 5 rings (SSSR count). The molecule has 3 aromatic carbocycles. The molecular formula is C24H21NO3. The van der Waals surface area contributed by atoms with Gasteiger partial charge in [0.25, 0.3) is 0 Å². The third-order valence-corrected chi connectivity index (χ3v) is 6.12. The number of methoxy groups -OCH3 is 1. The lowest BCUT2D eigenvalue weighted by molar-refractivity contribution is 0.0696. The van der Waals surface area contributed by atoms with E-state index in [9.17, 15) is 9.90 Å². The predicted octanol–water partition coefficient (Wildman–Crippen LogP) is 4.86. The lowest BCUT2D eigenvalue weighted by Gasteiger charge is -2.38. The fraction of sp³-hybridized carbons (Fsp3) is 0.208. The highest BCUT2D eigenvalue weighted by Gasteiger charge is 2.43. The van der Waals surface area contributed by atoms with Gasteiger partial charge in [0.1, 0.15) is 5.75 Å². The van der Waals surface area contributed by atoms with E-state index in [1.54, 1.807) is 13.2 Å². The maximum atomic E-state index is 11.5. The highest BCUT2D eigenvalue weighted by Crippen LogP contribution is 2.53. The lowest BCUT2D eigenvalue weighted by atomic mass is 9.75. The number of nitrogens with one attached hydrogen (secondary N) is 1. The minimum Gasteiger partial charge on any atom is -0.497 e. The molecule has 1 aliphatic heterocycles. The summed E-state index contributed by atoms with van der Waals surface area (Å²) in [6, 6.07) is 22.4. The highest BCUT2D eigenvalue weighted by atomic mass is 16.5. The minimum absolute atomic E-state index is 0.159. The van der Waals surface area contributed by atoms with Crippen molar-refractivity contribution < 1.29 is 14.6 Å². The zero-order valence-electron chi connectivity index (χ0n) is 15.6. The monoisotopic (exact) mass is 371 g/mol. The van der Waals surface area contributed by atoms with Crippen LogP contribution in [0.3, 0.4) is 0 Å². The van der Waals surface area contributed by atoms with E-state index >= 15 is 0 Å². The Morgan fingerprint density at radius 2 is 1.82 bits per heavy atom. The van der Waals surface area contributed by atoms with E-state index in [1.807, 2.05) is 24.3 Å². The zero-order chi connectivity index (χ0) is 19.3. The number of hydrogen-bond acceptors (Lipinski definition) is 3. The van der Waals surface area contributed by atoms with E-state index in [0.717, 1.165) is 23.4 Å². The van der Waals surface area contributed by atoms with Crippen LogP contribution in [0.1, 0.15) is 44.6 Å². The van der Waals surface area contributed by atoms with E-state index in [4.69, 9.17) is 4.74 Å². The fourth-order valence-electron chi connectivity index (χ4n) is 4.84. The average Bonchev–Trinajstić information content (AvgIpc) is 3.12. The topological polar surface area (TPSA) is 58.6 Å². The highest BCUT2D eigenvalue weighted by molar-refractivity contribution is 5.89. The Balaban J connectivity index is 1.65. The number of carboxylic acid groups (broad SMARTS) is 1. The normalized spacial score (nSPS) is 21.8. The second-order valence-electron chi connectivity index (χ2n) is 7.55. The SMILES string of the molecule is COc1ccc([C@@H]2Nc3ccc(C(=O)O)cc3[C@H]3c4ccccc4C[C@H]32)cc1. The Labute approximate surface area is 163 Å². The molecule has 0 unspecified atom stereocenters. The van der Waals surface area contributed by atoms with E-state index < -0.39 is 5.97 Å². The maximum Gasteiger partial charge on any atom is 0.335 e. The number of carbonyl (C=O) groups is 1. The third kappa shape index (κ3) is 2.56.